The first-order valence-electron chi connectivity index (χ1n) is 14.9. The van der Waals surface area contributed by atoms with Crippen molar-refractivity contribution in [3.63, 3.8) is 0 Å². The molecule has 44 heavy (non-hydrogen) atoms. The number of amides is 2. The number of nitrogens with one attached hydrogen (secondary N) is 1. The van der Waals surface area contributed by atoms with Gasteiger partial charge >= 0.3 is 11.9 Å². The van der Waals surface area contributed by atoms with Crippen molar-refractivity contribution in [3.05, 3.63) is 94.9 Å². The summed E-state index contributed by atoms with van der Waals surface area (Å²) in [6.07, 6.45) is 6.39. The number of likely N-dealkylation sites (tertiary alicyclic amines) is 1. The summed E-state index contributed by atoms with van der Waals surface area (Å²) in [7, 11) is 0. The molecule has 1 fully saturated rings. The highest BCUT2D eigenvalue weighted by molar-refractivity contribution is 6.08. The van der Waals surface area contributed by atoms with Crippen LogP contribution in [0.4, 0.5) is 0 Å². The van der Waals surface area contributed by atoms with Gasteiger partial charge in [-0.05, 0) is 49.8 Å². The molecule has 1 atom stereocenters. The Bertz CT molecular complexity index is 1450. The second kappa shape index (κ2) is 15.1. The van der Waals surface area contributed by atoms with Crippen LogP contribution in [-0.4, -0.2) is 59.1 Å². The summed E-state index contributed by atoms with van der Waals surface area (Å²) in [6.45, 7) is 4.95. The van der Waals surface area contributed by atoms with Crippen LogP contribution in [0.3, 0.4) is 0 Å². The molecular weight excluding hydrogens is 562 g/mol. The molecule has 0 saturated carbocycles. The third kappa shape index (κ3) is 8.00. The Kier molecular flexibility index (Phi) is 11.1. The van der Waals surface area contributed by atoms with Gasteiger partial charge in [0.25, 0.3) is 0 Å². The van der Waals surface area contributed by atoms with Gasteiger partial charge in [0.2, 0.25) is 17.4 Å². The number of allylic oxidation sites excluding steroid dienone is 1. The Hall–Kier alpha value is -4.73. The van der Waals surface area contributed by atoms with Crippen molar-refractivity contribution in [1.82, 2.24) is 15.4 Å². The molecule has 2 aromatic carbocycles. The summed E-state index contributed by atoms with van der Waals surface area (Å²) >= 11 is 0. The molecule has 0 aliphatic carbocycles. The lowest BCUT2D eigenvalue weighted by atomic mass is 9.93. The zero-order valence-electron chi connectivity index (χ0n) is 25.4. The van der Waals surface area contributed by atoms with Crippen LogP contribution in [0.1, 0.15) is 67.8 Å². The number of nitrogens with zero attached hydrogens (tertiary/aromatic N) is 2. The van der Waals surface area contributed by atoms with Gasteiger partial charge in [-0.3, -0.25) is 9.59 Å². The van der Waals surface area contributed by atoms with E-state index in [1.54, 1.807) is 24.8 Å². The maximum absolute atomic E-state index is 13.4. The third-order valence-corrected chi connectivity index (χ3v) is 7.41. The van der Waals surface area contributed by atoms with E-state index in [2.05, 4.69) is 34.8 Å². The number of benzene rings is 2. The summed E-state index contributed by atoms with van der Waals surface area (Å²) in [5.41, 5.74) is 1.60. The van der Waals surface area contributed by atoms with Crippen molar-refractivity contribution in [1.29, 1.82) is 0 Å². The van der Waals surface area contributed by atoms with Crippen molar-refractivity contribution < 1.29 is 33.2 Å². The van der Waals surface area contributed by atoms with Gasteiger partial charge in [-0.25, -0.2) is 9.59 Å². The molecule has 1 aliphatic rings. The smallest absolute Gasteiger partial charge is 0.344 e. The van der Waals surface area contributed by atoms with Gasteiger partial charge in [0, 0.05) is 19.5 Å². The Labute approximate surface area is 257 Å². The van der Waals surface area contributed by atoms with Crippen LogP contribution in [0.15, 0.2) is 71.3 Å². The minimum absolute atomic E-state index is 0.00555. The standard InChI is InChI=1S/C34H39N3O7/c1-4-42-32(40)34(35-24(3)38,33(41)43-5-2)23-28-22-29(36-44-28)30-15-10-20-37(30)31(39)21-27-18-16-26(17-19-27)14-9-13-25-11-7-6-8-12-25/h6-9,11-13,16-19,22,30H,4-5,10,14-15,20-21,23H2,1-3H3,(H,35,38). The molecule has 10 nitrogen and oxygen atoms in total. The fourth-order valence-corrected chi connectivity index (χ4v) is 5.35. The number of aromatic nitrogens is 1. The van der Waals surface area contributed by atoms with Gasteiger partial charge in [0.15, 0.2) is 0 Å². The minimum atomic E-state index is -2.14. The van der Waals surface area contributed by atoms with E-state index < -0.39 is 23.4 Å². The van der Waals surface area contributed by atoms with Crippen molar-refractivity contribution in [2.45, 2.75) is 64.5 Å². The molecule has 2 heterocycles. The van der Waals surface area contributed by atoms with Crippen LogP contribution < -0.4 is 5.32 Å². The molecule has 1 aliphatic heterocycles. The molecule has 0 spiro atoms. The average molecular weight is 602 g/mol. The SMILES string of the molecule is CCOC(=O)C(Cc1cc(C2CCCN2C(=O)Cc2ccc(CC=Cc3ccccc3)cc2)no1)(NC(C)=O)C(=O)OCC. The van der Waals surface area contributed by atoms with Gasteiger partial charge in [-0.15, -0.1) is 0 Å². The maximum Gasteiger partial charge on any atom is 0.344 e. The van der Waals surface area contributed by atoms with Crippen LogP contribution in [0.5, 0.6) is 0 Å². The molecule has 0 radical (unpaired) electrons. The van der Waals surface area contributed by atoms with E-state index in [0.717, 1.165) is 29.5 Å². The minimum Gasteiger partial charge on any atom is -0.464 e. The van der Waals surface area contributed by atoms with Crippen LogP contribution in [-0.2, 0) is 47.9 Å². The molecule has 3 aromatic rings. The average Bonchev–Trinajstić information content (AvgIpc) is 3.68. The fourth-order valence-electron chi connectivity index (χ4n) is 5.35. The highest BCUT2D eigenvalue weighted by Gasteiger charge is 2.51. The summed E-state index contributed by atoms with van der Waals surface area (Å²) in [6, 6.07) is 19.5. The Balaban J connectivity index is 1.43. The summed E-state index contributed by atoms with van der Waals surface area (Å²) < 4.78 is 15.8. The summed E-state index contributed by atoms with van der Waals surface area (Å²) in [4.78, 5) is 53.2. The van der Waals surface area contributed by atoms with Gasteiger partial charge in [-0.2, -0.15) is 0 Å². The van der Waals surface area contributed by atoms with E-state index in [1.807, 2.05) is 42.5 Å². The molecule has 2 amide bonds. The lowest BCUT2D eigenvalue weighted by molar-refractivity contribution is -0.168. The molecule has 1 saturated heterocycles. The largest absolute Gasteiger partial charge is 0.464 e. The number of esters is 2. The zero-order chi connectivity index (χ0) is 31.5. The van der Waals surface area contributed by atoms with Gasteiger partial charge in [-0.1, -0.05) is 71.9 Å². The first-order valence-corrected chi connectivity index (χ1v) is 14.9. The number of ether oxygens (including phenoxy) is 2. The number of hydrogen-bond acceptors (Lipinski definition) is 8. The molecule has 0 bridgehead atoms. The van der Waals surface area contributed by atoms with Crippen LogP contribution >= 0.6 is 0 Å². The van der Waals surface area contributed by atoms with Crippen LogP contribution in [0.2, 0.25) is 0 Å². The van der Waals surface area contributed by atoms with E-state index in [4.69, 9.17) is 14.0 Å². The summed E-state index contributed by atoms with van der Waals surface area (Å²) in [5.74, 6) is -2.38. The number of carbonyl (C=O) groups excluding carboxylic acids is 4. The van der Waals surface area contributed by atoms with E-state index in [9.17, 15) is 19.2 Å². The second-order valence-corrected chi connectivity index (χ2v) is 10.7. The lowest BCUT2D eigenvalue weighted by Gasteiger charge is -2.28. The fraction of sp³-hybridized carbons (Fsp3) is 0.382. The topological polar surface area (TPSA) is 128 Å². The van der Waals surface area contributed by atoms with Gasteiger partial charge in [0.1, 0.15) is 11.5 Å². The first-order chi connectivity index (χ1) is 21.3. The van der Waals surface area contributed by atoms with Gasteiger partial charge < -0.3 is 24.2 Å². The van der Waals surface area contributed by atoms with Gasteiger partial charge in [0.05, 0.1) is 32.1 Å². The molecular formula is C34H39N3O7. The van der Waals surface area contributed by atoms with E-state index in [-0.39, 0.29) is 43.8 Å². The normalized spacial score (nSPS) is 14.9. The van der Waals surface area contributed by atoms with E-state index in [0.29, 0.717) is 18.7 Å². The molecule has 1 unspecified atom stereocenters. The number of rotatable bonds is 13. The predicted molar refractivity (Wildman–Crippen MR) is 163 cm³/mol. The van der Waals surface area contributed by atoms with Crippen LogP contribution in [0, 0.1) is 0 Å². The Morgan fingerprint density at radius 2 is 1.66 bits per heavy atom. The number of hydrogen-bond donors (Lipinski definition) is 1. The Morgan fingerprint density at radius 1 is 1.00 bits per heavy atom. The van der Waals surface area contributed by atoms with Crippen LogP contribution in [0.25, 0.3) is 6.08 Å². The Morgan fingerprint density at radius 3 is 2.30 bits per heavy atom. The van der Waals surface area contributed by atoms with Crippen molar-refractivity contribution in [2.75, 3.05) is 19.8 Å². The molecule has 10 heteroatoms. The molecule has 232 valence electrons. The predicted octanol–water partition coefficient (Wildman–Crippen LogP) is 4.38. The number of carbonyl (C=O) groups is 4. The van der Waals surface area contributed by atoms with E-state index >= 15 is 0 Å². The van der Waals surface area contributed by atoms with Crippen molar-refractivity contribution >= 4 is 29.8 Å². The zero-order valence-corrected chi connectivity index (χ0v) is 25.4. The van der Waals surface area contributed by atoms with Crippen molar-refractivity contribution in [3.8, 4) is 0 Å². The molecule has 1 aromatic heterocycles. The molecule has 4 rings (SSSR count). The molecule has 1 N–H and O–H groups in total. The monoisotopic (exact) mass is 601 g/mol. The quantitative estimate of drug-likeness (QED) is 0.226. The third-order valence-electron chi connectivity index (χ3n) is 7.41. The van der Waals surface area contributed by atoms with E-state index in [1.165, 1.54) is 6.92 Å². The lowest BCUT2D eigenvalue weighted by Crippen LogP contribution is -2.62. The maximum atomic E-state index is 13.4. The second-order valence-electron chi connectivity index (χ2n) is 10.7. The highest BCUT2D eigenvalue weighted by atomic mass is 16.6. The van der Waals surface area contributed by atoms with Crippen molar-refractivity contribution in [2.24, 2.45) is 0 Å². The summed E-state index contributed by atoms with van der Waals surface area (Å²) in [5, 5.41) is 6.60. The first kappa shape index (κ1) is 32.2. The highest BCUT2D eigenvalue weighted by Crippen LogP contribution is 2.33.